The van der Waals surface area contributed by atoms with Gasteiger partial charge in [-0.25, -0.2) is 0 Å². The first-order valence-corrected chi connectivity index (χ1v) is 9.01. The topological polar surface area (TPSA) is 80.5 Å². The van der Waals surface area contributed by atoms with E-state index in [1.807, 2.05) is 25.1 Å². The zero-order chi connectivity index (χ0) is 18.0. The summed E-state index contributed by atoms with van der Waals surface area (Å²) in [6, 6.07) is 5.81. The molecule has 138 valence electrons. The highest BCUT2D eigenvalue weighted by Gasteiger charge is 2.51. The van der Waals surface area contributed by atoms with Gasteiger partial charge in [0.05, 0.1) is 18.9 Å². The molecule has 0 unspecified atom stereocenters. The molecule has 7 heteroatoms. The van der Waals surface area contributed by atoms with E-state index in [4.69, 9.17) is 9.26 Å². The fourth-order valence-corrected chi connectivity index (χ4v) is 4.12. The molecule has 2 saturated heterocycles. The molecule has 2 aromatic heterocycles. The number of hydrogen-bond acceptors (Lipinski definition) is 6. The molecule has 2 aliphatic heterocycles. The summed E-state index contributed by atoms with van der Waals surface area (Å²) in [6.07, 6.45) is 4.00. The molecule has 0 bridgehead atoms. The highest BCUT2D eigenvalue weighted by molar-refractivity contribution is 5.77. The van der Waals surface area contributed by atoms with Gasteiger partial charge in [0.2, 0.25) is 5.91 Å². The summed E-state index contributed by atoms with van der Waals surface area (Å²) in [5.41, 5.74) is 1.85. The highest BCUT2D eigenvalue weighted by Crippen LogP contribution is 2.44. The van der Waals surface area contributed by atoms with Crippen LogP contribution in [0.2, 0.25) is 0 Å². The monoisotopic (exact) mass is 356 g/mol. The van der Waals surface area contributed by atoms with Gasteiger partial charge >= 0.3 is 0 Å². The number of pyridine rings is 1. The molecule has 0 aromatic carbocycles. The molecule has 0 saturated carbocycles. The predicted molar refractivity (Wildman–Crippen MR) is 94.0 cm³/mol. The Bertz CT molecular complexity index is 763. The fourth-order valence-electron chi connectivity index (χ4n) is 4.12. The zero-order valence-electron chi connectivity index (χ0n) is 15.0. The summed E-state index contributed by atoms with van der Waals surface area (Å²) in [7, 11) is 0. The van der Waals surface area contributed by atoms with E-state index in [1.165, 1.54) is 0 Å². The molecule has 0 aliphatic carbocycles. The molecule has 4 rings (SSSR count). The van der Waals surface area contributed by atoms with Crippen LogP contribution in [0.25, 0.3) is 0 Å². The lowest BCUT2D eigenvalue weighted by molar-refractivity contribution is -0.123. The molecule has 4 heterocycles. The summed E-state index contributed by atoms with van der Waals surface area (Å²) >= 11 is 0. The maximum absolute atomic E-state index is 12.5. The molecule has 0 radical (unpaired) electrons. The first-order valence-electron chi connectivity index (χ1n) is 9.01. The number of aromatic nitrogens is 2. The van der Waals surface area contributed by atoms with Crippen LogP contribution in [0.15, 0.2) is 35.1 Å². The Balaban J connectivity index is 1.35. The van der Waals surface area contributed by atoms with Crippen LogP contribution in [0.5, 0.6) is 0 Å². The van der Waals surface area contributed by atoms with Crippen LogP contribution < -0.4 is 5.32 Å². The van der Waals surface area contributed by atoms with Crippen molar-refractivity contribution in [3.63, 3.8) is 0 Å². The minimum absolute atomic E-state index is 0.0727. The van der Waals surface area contributed by atoms with E-state index in [0.29, 0.717) is 25.5 Å². The molecule has 2 aliphatic rings. The van der Waals surface area contributed by atoms with E-state index in [9.17, 15) is 4.79 Å². The van der Waals surface area contributed by atoms with Gasteiger partial charge < -0.3 is 14.6 Å². The minimum atomic E-state index is -0.0994. The molecule has 1 N–H and O–H groups in total. The van der Waals surface area contributed by atoms with E-state index < -0.39 is 0 Å². The number of carbonyl (C=O) groups is 1. The summed E-state index contributed by atoms with van der Waals surface area (Å²) in [5.74, 6) is 1.29. The third kappa shape index (κ3) is 3.64. The second kappa shape index (κ2) is 7.17. The molecule has 26 heavy (non-hydrogen) atoms. The molecule has 0 spiro atoms. The summed E-state index contributed by atoms with van der Waals surface area (Å²) in [4.78, 5) is 19.0. The number of fused-ring (bicyclic) bond motifs is 1. The van der Waals surface area contributed by atoms with Crippen molar-refractivity contribution in [3.8, 4) is 0 Å². The van der Waals surface area contributed by atoms with Gasteiger partial charge in [0.25, 0.3) is 0 Å². The van der Waals surface area contributed by atoms with Gasteiger partial charge in [-0.05, 0) is 18.6 Å². The van der Waals surface area contributed by atoms with Gasteiger partial charge in [0.1, 0.15) is 5.76 Å². The minimum Gasteiger partial charge on any atom is -0.380 e. The van der Waals surface area contributed by atoms with Crippen LogP contribution in [0.3, 0.4) is 0 Å². The summed E-state index contributed by atoms with van der Waals surface area (Å²) < 4.78 is 10.9. The lowest BCUT2D eigenvalue weighted by Gasteiger charge is -2.26. The van der Waals surface area contributed by atoms with Crippen molar-refractivity contribution in [2.24, 2.45) is 11.3 Å². The van der Waals surface area contributed by atoms with Crippen molar-refractivity contribution in [1.29, 1.82) is 0 Å². The molecule has 1 amide bonds. The maximum atomic E-state index is 12.5. The molecule has 2 atom stereocenters. The van der Waals surface area contributed by atoms with E-state index in [1.54, 1.807) is 12.4 Å². The van der Waals surface area contributed by atoms with Crippen LogP contribution in [-0.2, 0) is 22.6 Å². The Hall–Kier alpha value is -2.25. The Morgan fingerprint density at radius 3 is 3.19 bits per heavy atom. The van der Waals surface area contributed by atoms with E-state index in [0.717, 1.165) is 43.3 Å². The van der Waals surface area contributed by atoms with Gasteiger partial charge in [-0.2, -0.15) is 0 Å². The number of likely N-dealkylation sites (tertiary alicyclic amines) is 1. The van der Waals surface area contributed by atoms with E-state index in [-0.39, 0.29) is 11.3 Å². The van der Waals surface area contributed by atoms with Crippen LogP contribution in [0.4, 0.5) is 0 Å². The van der Waals surface area contributed by atoms with E-state index in [2.05, 4.69) is 20.4 Å². The molecule has 7 nitrogen and oxygen atoms in total. The number of rotatable bonds is 6. The van der Waals surface area contributed by atoms with Gasteiger partial charge in [0, 0.05) is 62.4 Å². The van der Waals surface area contributed by atoms with Crippen molar-refractivity contribution < 1.29 is 14.1 Å². The number of ether oxygens (including phenoxy) is 1. The van der Waals surface area contributed by atoms with Crippen molar-refractivity contribution in [1.82, 2.24) is 20.4 Å². The highest BCUT2D eigenvalue weighted by atomic mass is 16.5. The first-order chi connectivity index (χ1) is 12.6. The number of nitrogens with one attached hydrogen (secondary N) is 1. The lowest BCUT2D eigenvalue weighted by Crippen LogP contribution is -2.37. The van der Waals surface area contributed by atoms with Gasteiger partial charge in [0.15, 0.2) is 0 Å². The van der Waals surface area contributed by atoms with E-state index >= 15 is 0 Å². The van der Waals surface area contributed by atoms with Crippen molar-refractivity contribution in [3.05, 3.63) is 47.6 Å². The largest absolute Gasteiger partial charge is 0.380 e. The molecular formula is C19H24N4O3. The number of aryl methyl sites for hydroxylation is 1. The van der Waals surface area contributed by atoms with Crippen LogP contribution in [-0.4, -0.2) is 47.3 Å². The summed E-state index contributed by atoms with van der Waals surface area (Å²) in [5, 5.41) is 7.11. The predicted octanol–water partition coefficient (Wildman–Crippen LogP) is 1.53. The normalized spacial score (nSPS) is 25.3. The number of nitrogens with zero attached hydrogens (tertiary/aromatic N) is 3. The second-order valence-corrected chi connectivity index (χ2v) is 7.49. The van der Waals surface area contributed by atoms with Gasteiger partial charge in [-0.3, -0.25) is 14.7 Å². The van der Waals surface area contributed by atoms with Crippen molar-refractivity contribution in [2.45, 2.75) is 26.4 Å². The first kappa shape index (κ1) is 17.2. The van der Waals surface area contributed by atoms with Crippen molar-refractivity contribution in [2.75, 3.05) is 26.3 Å². The Kier molecular flexibility index (Phi) is 4.74. The summed E-state index contributed by atoms with van der Waals surface area (Å²) in [6.45, 7) is 6.32. The standard InChI is InChI=1S/C19H24N4O3/c1-14-5-17(22-26-14)10-23-9-16-11-25-13-19(16,12-23)6-18(24)21-8-15-3-2-4-20-7-15/h2-5,7,16H,6,8-13H2,1H3,(H,21,24)/t16-,19+/m1/s1. The fraction of sp³-hybridized carbons (Fsp3) is 0.526. The second-order valence-electron chi connectivity index (χ2n) is 7.49. The molecular weight excluding hydrogens is 332 g/mol. The number of carbonyl (C=O) groups excluding carboxylic acids is 1. The van der Waals surface area contributed by atoms with Crippen LogP contribution in [0.1, 0.15) is 23.4 Å². The Labute approximate surface area is 152 Å². The van der Waals surface area contributed by atoms with Crippen LogP contribution >= 0.6 is 0 Å². The molecule has 2 fully saturated rings. The average molecular weight is 356 g/mol. The SMILES string of the molecule is Cc1cc(CN2C[C@@H]3COC[C@]3(CC(=O)NCc3cccnc3)C2)no1. The Morgan fingerprint density at radius 1 is 1.50 bits per heavy atom. The number of hydrogen-bond donors (Lipinski definition) is 1. The Morgan fingerprint density at radius 2 is 2.42 bits per heavy atom. The molecule has 2 aromatic rings. The third-order valence-electron chi connectivity index (χ3n) is 5.38. The third-order valence-corrected chi connectivity index (χ3v) is 5.38. The number of amides is 1. The van der Waals surface area contributed by atoms with Gasteiger partial charge in [-0.1, -0.05) is 11.2 Å². The quantitative estimate of drug-likeness (QED) is 0.846. The lowest BCUT2D eigenvalue weighted by atomic mass is 9.78. The maximum Gasteiger partial charge on any atom is 0.220 e. The zero-order valence-corrected chi connectivity index (χ0v) is 15.0. The smallest absolute Gasteiger partial charge is 0.220 e. The van der Waals surface area contributed by atoms with Gasteiger partial charge in [-0.15, -0.1) is 0 Å². The average Bonchev–Trinajstić information content (AvgIpc) is 3.28. The van der Waals surface area contributed by atoms with Crippen LogP contribution in [0, 0.1) is 18.3 Å². The van der Waals surface area contributed by atoms with Crippen molar-refractivity contribution >= 4 is 5.91 Å².